The first kappa shape index (κ1) is 11.9. The summed E-state index contributed by atoms with van der Waals surface area (Å²) in [6.45, 7) is 0. The molecular formula is C17H21NS. The van der Waals surface area contributed by atoms with E-state index in [0.29, 0.717) is 5.54 Å². The molecule has 0 spiro atoms. The molecule has 1 aromatic carbocycles. The molecule has 0 aromatic heterocycles. The molecule has 0 amide bonds. The highest BCUT2D eigenvalue weighted by molar-refractivity contribution is 7.79. The van der Waals surface area contributed by atoms with Crippen molar-refractivity contribution in [1.82, 2.24) is 0 Å². The molecule has 4 aliphatic rings. The van der Waals surface area contributed by atoms with Gasteiger partial charge in [-0.05, 0) is 68.4 Å². The molecule has 0 N–H and O–H groups in total. The van der Waals surface area contributed by atoms with Crippen molar-refractivity contribution in [2.75, 3.05) is 4.90 Å². The SMILES string of the molecule is S=CN(c1ccccc1)C12CC3CC(CC(C3)C1)C2. The lowest BCUT2D eigenvalue weighted by molar-refractivity contribution is 0.00246. The third-order valence-electron chi connectivity index (χ3n) is 5.66. The average molecular weight is 271 g/mol. The van der Waals surface area contributed by atoms with E-state index in [1.54, 1.807) is 0 Å². The van der Waals surface area contributed by atoms with Crippen LogP contribution in [-0.4, -0.2) is 11.0 Å². The summed E-state index contributed by atoms with van der Waals surface area (Å²) in [7, 11) is 0. The fourth-order valence-electron chi connectivity index (χ4n) is 5.40. The second kappa shape index (κ2) is 4.31. The minimum absolute atomic E-state index is 0.345. The van der Waals surface area contributed by atoms with Crippen LogP contribution >= 0.6 is 12.2 Å². The quantitative estimate of drug-likeness (QED) is 0.749. The van der Waals surface area contributed by atoms with Crippen LogP contribution in [0.3, 0.4) is 0 Å². The number of benzene rings is 1. The highest BCUT2D eigenvalue weighted by Gasteiger charge is 2.53. The largest absolute Gasteiger partial charge is 0.332 e. The van der Waals surface area contributed by atoms with Crippen molar-refractivity contribution < 1.29 is 0 Å². The van der Waals surface area contributed by atoms with Crippen LogP contribution in [0.4, 0.5) is 5.69 Å². The third kappa shape index (κ3) is 1.84. The smallest absolute Gasteiger partial charge is 0.0690 e. The number of thiocarbonyl (C=S) groups is 1. The Labute approximate surface area is 121 Å². The highest BCUT2D eigenvalue weighted by atomic mass is 32.1. The van der Waals surface area contributed by atoms with Gasteiger partial charge in [-0.25, -0.2) is 0 Å². The summed E-state index contributed by atoms with van der Waals surface area (Å²) in [5.74, 6) is 2.90. The van der Waals surface area contributed by atoms with Gasteiger partial charge in [0.05, 0.1) is 5.49 Å². The lowest BCUT2D eigenvalue weighted by Gasteiger charge is -2.60. The van der Waals surface area contributed by atoms with Crippen LogP contribution in [0.2, 0.25) is 0 Å². The molecule has 0 heterocycles. The van der Waals surface area contributed by atoms with Crippen LogP contribution in [0, 0.1) is 17.8 Å². The maximum absolute atomic E-state index is 5.39. The van der Waals surface area contributed by atoms with Crippen molar-refractivity contribution in [3.05, 3.63) is 30.3 Å². The molecule has 4 aliphatic carbocycles. The Balaban J connectivity index is 1.72. The monoisotopic (exact) mass is 271 g/mol. The van der Waals surface area contributed by atoms with Crippen molar-refractivity contribution in [3.63, 3.8) is 0 Å². The number of nitrogens with zero attached hydrogens (tertiary/aromatic N) is 1. The van der Waals surface area contributed by atoms with Crippen LogP contribution in [0.25, 0.3) is 0 Å². The van der Waals surface area contributed by atoms with E-state index < -0.39 is 0 Å². The Morgan fingerprint density at radius 1 is 0.947 bits per heavy atom. The van der Waals surface area contributed by atoms with Crippen LogP contribution in [0.15, 0.2) is 30.3 Å². The first-order chi connectivity index (χ1) is 9.29. The van der Waals surface area contributed by atoms with E-state index in [1.807, 2.05) is 5.49 Å². The topological polar surface area (TPSA) is 3.24 Å². The molecule has 19 heavy (non-hydrogen) atoms. The molecule has 5 rings (SSSR count). The van der Waals surface area contributed by atoms with Crippen molar-refractivity contribution >= 4 is 23.4 Å². The third-order valence-corrected chi connectivity index (χ3v) is 5.87. The summed E-state index contributed by atoms with van der Waals surface area (Å²) in [5.41, 5.74) is 3.56. The van der Waals surface area contributed by atoms with Crippen LogP contribution in [-0.2, 0) is 0 Å². The molecular weight excluding hydrogens is 250 g/mol. The first-order valence-electron chi connectivity index (χ1n) is 7.59. The molecule has 4 bridgehead atoms. The van der Waals surface area contributed by atoms with Crippen molar-refractivity contribution in [2.45, 2.75) is 44.1 Å². The minimum atomic E-state index is 0.345. The predicted octanol–water partition coefficient (Wildman–Crippen LogP) is 4.42. The Morgan fingerprint density at radius 3 is 1.95 bits per heavy atom. The molecule has 4 saturated carbocycles. The lowest BCUT2D eigenvalue weighted by atomic mass is 9.52. The van der Waals surface area contributed by atoms with Gasteiger partial charge in [-0.3, -0.25) is 0 Å². The normalized spacial score (nSPS) is 39.3. The zero-order valence-corrected chi connectivity index (χ0v) is 12.1. The Hall–Kier alpha value is -0.890. The van der Waals surface area contributed by atoms with E-state index in [4.69, 9.17) is 12.2 Å². The van der Waals surface area contributed by atoms with Crippen LogP contribution in [0.1, 0.15) is 38.5 Å². The number of anilines is 1. The maximum Gasteiger partial charge on any atom is 0.0690 e. The zero-order chi connectivity index (χ0) is 12.9. The number of hydrogen-bond acceptors (Lipinski definition) is 1. The molecule has 4 fully saturated rings. The number of para-hydroxylation sites is 1. The fourth-order valence-corrected chi connectivity index (χ4v) is 5.74. The fraction of sp³-hybridized carbons (Fsp3) is 0.588. The maximum atomic E-state index is 5.39. The van der Waals surface area contributed by atoms with Gasteiger partial charge in [0.1, 0.15) is 0 Å². The van der Waals surface area contributed by atoms with Crippen LogP contribution in [0.5, 0.6) is 0 Å². The molecule has 1 aromatic rings. The number of hydrogen-bond donors (Lipinski definition) is 0. The van der Waals surface area contributed by atoms with Gasteiger partial charge in [-0.2, -0.15) is 0 Å². The molecule has 0 saturated heterocycles. The molecule has 0 unspecified atom stereocenters. The molecule has 100 valence electrons. The van der Waals surface area contributed by atoms with Crippen molar-refractivity contribution in [3.8, 4) is 0 Å². The first-order valence-corrected chi connectivity index (χ1v) is 8.06. The van der Waals surface area contributed by atoms with E-state index in [2.05, 4.69) is 35.2 Å². The summed E-state index contributed by atoms with van der Waals surface area (Å²) in [6.07, 6.45) is 8.54. The van der Waals surface area contributed by atoms with E-state index in [-0.39, 0.29) is 0 Å². The minimum Gasteiger partial charge on any atom is -0.332 e. The van der Waals surface area contributed by atoms with E-state index >= 15 is 0 Å². The lowest BCUT2D eigenvalue weighted by Crippen LogP contribution is -2.59. The van der Waals surface area contributed by atoms with E-state index in [1.165, 1.54) is 44.2 Å². The van der Waals surface area contributed by atoms with Crippen LogP contribution < -0.4 is 4.90 Å². The van der Waals surface area contributed by atoms with E-state index in [9.17, 15) is 0 Å². The summed E-state index contributed by atoms with van der Waals surface area (Å²) >= 11 is 5.39. The molecule has 0 aliphatic heterocycles. The van der Waals surface area contributed by atoms with Gasteiger partial charge in [0.25, 0.3) is 0 Å². The molecule has 0 atom stereocenters. The van der Waals surface area contributed by atoms with Gasteiger partial charge in [0, 0.05) is 11.2 Å². The molecule has 2 heteroatoms. The molecule has 0 radical (unpaired) electrons. The average Bonchev–Trinajstić information content (AvgIpc) is 2.38. The Morgan fingerprint density at radius 2 is 1.47 bits per heavy atom. The van der Waals surface area contributed by atoms with Gasteiger partial charge in [-0.15, -0.1) is 0 Å². The summed E-state index contributed by atoms with van der Waals surface area (Å²) < 4.78 is 0. The molecule has 1 nitrogen and oxygen atoms in total. The summed E-state index contributed by atoms with van der Waals surface area (Å²) in [4.78, 5) is 2.44. The summed E-state index contributed by atoms with van der Waals surface area (Å²) in [5, 5.41) is 0. The Kier molecular flexibility index (Phi) is 2.70. The summed E-state index contributed by atoms with van der Waals surface area (Å²) in [6, 6.07) is 10.8. The van der Waals surface area contributed by atoms with Gasteiger partial charge in [0.2, 0.25) is 0 Å². The van der Waals surface area contributed by atoms with Gasteiger partial charge >= 0.3 is 0 Å². The van der Waals surface area contributed by atoms with E-state index in [0.717, 1.165) is 17.8 Å². The Bertz CT molecular complexity index is 446. The van der Waals surface area contributed by atoms with Crippen molar-refractivity contribution in [2.24, 2.45) is 17.8 Å². The second-order valence-electron chi connectivity index (χ2n) is 6.95. The van der Waals surface area contributed by atoms with Gasteiger partial charge in [-0.1, -0.05) is 30.4 Å². The van der Waals surface area contributed by atoms with Gasteiger partial charge in [0.15, 0.2) is 0 Å². The second-order valence-corrected chi connectivity index (χ2v) is 7.16. The highest BCUT2D eigenvalue weighted by Crippen LogP contribution is 2.58. The van der Waals surface area contributed by atoms with Crippen molar-refractivity contribution in [1.29, 1.82) is 0 Å². The number of rotatable bonds is 3. The standard InChI is InChI=1S/C17H21NS/c19-12-18(16-4-2-1-3-5-16)17-9-13-6-14(10-17)8-15(7-13)11-17/h1-5,12-15H,6-11H2. The zero-order valence-electron chi connectivity index (χ0n) is 11.3. The predicted molar refractivity (Wildman–Crippen MR) is 83.5 cm³/mol. The van der Waals surface area contributed by atoms with Gasteiger partial charge < -0.3 is 4.90 Å².